The van der Waals surface area contributed by atoms with E-state index in [1.807, 2.05) is 22.4 Å². The lowest BCUT2D eigenvalue weighted by molar-refractivity contribution is -0.142. The Hall–Kier alpha value is -1.69. The molecule has 2 unspecified atom stereocenters. The number of rotatable bonds is 2. The molecule has 0 aromatic carbocycles. The maximum Gasteiger partial charge on any atom is 0.264 e. The van der Waals surface area contributed by atoms with E-state index in [1.165, 1.54) is 16.2 Å². The van der Waals surface area contributed by atoms with Crippen molar-refractivity contribution in [1.82, 2.24) is 9.80 Å². The van der Waals surface area contributed by atoms with E-state index in [0.717, 1.165) is 30.6 Å². The van der Waals surface area contributed by atoms with Gasteiger partial charge in [-0.05, 0) is 37.1 Å². The van der Waals surface area contributed by atoms with E-state index >= 15 is 0 Å². The molecule has 3 aliphatic heterocycles. The molecule has 6 heteroatoms. The van der Waals surface area contributed by atoms with Gasteiger partial charge in [0.15, 0.2) is 0 Å². The first-order valence-electron chi connectivity index (χ1n) is 7.86. The number of fused-ring (bicyclic) bond motifs is 2. The molecule has 3 fully saturated rings. The number of hydrogen-bond donors (Lipinski definition) is 0. The molecule has 0 aliphatic carbocycles. The summed E-state index contributed by atoms with van der Waals surface area (Å²) in [5.74, 6) is 0.0416. The summed E-state index contributed by atoms with van der Waals surface area (Å²) in [5.41, 5.74) is 0. The number of imide groups is 1. The van der Waals surface area contributed by atoms with Crippen LogP contribution in [0, 0.1) is 0 Å². The summed E-state index contributed by atoms with van der Waals surface area (Å²) in [6.07, 6.45) is 4.14. The van der Waals surface area contributed by atoms with Gasteiger partial charge in [-0.15, -0.1) is 11.3 Å². The normalized spacial score (nSPS) is 31.2. The van der Waals surface area contributed by atoms with Crippen LogP contribution in [0.4, 0.5) is 0 Å². The van der Waals surface area contributed by atoms with Gasteiger partial charge in [0, 0.05) is 31.0 Å². The minimum absolute atomic E-state index is 0.00705. The largest absolute Gasteiger partial charge is 0.332 e. The van der Waals surface area contributed by atoms with Crippen LogP contribution in [0.5, 0.6) is 0 Å². The zero-order valence-electron chi connectivity index (χ0n) is 12.2. The third-order valence-corrected chi connectivity index (χ3v) is 5.99. The molecule has 1 aromatic rings. The minimum atomic E-state index is -0.0348. The maximum absolute atomic E-state index is 12.7. The smallest absolute Gasteiger partial charge is 0.264 e. The van der Waals surface area contributed by atoms with Crippen LogP contribution in [0.25, 0.3) is 0 Å². The molecule has 5 nitrogen and oxygen atoms in total. The molecule has 4 rings (SSSR count). The highest BCUT2D eigenvalue weighted by molar-refractivity contribution is 7.12. The van der Waals surface area contributed by atoms with Gasteiger partial charge in [0.05, 0.1) is 4.88 Å². The van der Waals surface area contributed by atoms with Crippen molar-refractivity contribution in [1.29, 1.82) is 0 Å². The lowest BCUT2D eigenvalue weighted by atomic mass is 9.95. The molecule has 3 amide bonds. The summed E-state index contributed by atoms with van der Waals surface area (Å²) in [4.78, 5) is 40.8. The second-order valence-corrected chi connectivity index (χ2v) is 7.31. The van der Waals surface area contributed by atoms with E-state index in [4.69, 9.17) is 0 Å². The summed E-state index contributed by atoms with van der Waals surface area (Å²) < 4.78 is 0. The molecule has 1 aromatic heterocycles. The topological polar surface area (TPSA) is 57.7 Å². The van der Waals surface area contributed by atoms with Crippen molar-refractivity contribution in [3.63, 3.8) is 0 Å². The van der Waals surface area contributed by atoms with Crippen molar-refractivity contribution in [2.24, 2.45) is 0 Å². The van der Waals surface area contributed by atoms with Crippen LogP contribution in [-0.2, 0) is 9.59 Å². The first kappa shape index (κ1) is 13.9. The van der Waals surface area contributed by atoms with Gasteiger partial charge in [0.25, 0.3) is 5.91 Å². The molecule has 116 valence electrons. The average Bonchev–Trinajstić information content (AvgIpc) is 3.19. The van der Waals surface area contributed by atoms with Crippen molar-refractivity contribution in [2.45, 2.75) is 56.7 Å². The van der Waals surface area contributed by atoms with E-state index in [1.54, 1.807) is 0 Å². The molecule has 3 saturated heterocycles. The number of piperidine rings is 1. The molecule has 4 heterocycles. The Labute approximate surface area is 132 Å². The molecule has 0 N–H and O–H groups in total. The Morgan fingerprint density at radius 2 is 1.68 bits per heavy atom. The van der Waals surface area contributed by atoms with Gasteiger partial charge in [0.2, 0.25) is 11.8 Å². The van der Waals surface area contributed by atoms with E-state index in [2.05, 4.69) is 0 Å². The van der Waals surface area contributed by atoms with Gasteiger partial charge in [-0.1, -0.05) is 6.07 Å². The predicted octanol–water partition coefficient (Wildman–Crippen LogP) is 2.03. The fourth-order valence-electron chi connectivity index (χ4n) is 4.22. The third-order valence-electron chi connectivity index (χ3n) is 5.13. The first-order chi connectivity index (χ1) is 10.6. The van der Waals surface area contributed by atoms with E-state index in [-0.39, 0.29) is 35.8 Å². The van der Waals surface area contributed by atoms with Gasteiger partial charge >= 0.3 is 0 Å². The van der Waals surface area contributed by atoms with Crippen LogP contribution in [0.1, 0.15) is 48.2 Å². The van der Waals surface area contributed by atoms with Gasteiger partial charge in [-0.3, -0.25) is 19.3 Å². The highest BCUT2D eigenvalue weighted by Gasteiger charge is 2.47. The van der Waals surface area contributed by atoms with E-state index in [9.17, 15) is 14.4 Å². The number of thiophene rings is 1. The summed E-state index contributed by atoms with van der Waals surface area (Å²) >= 11 is 1.47. The van der Waals surface area contributed by atoms with Crippen molar-refractivity contribution in [3.05, 3.63) is 22.4 Å². The number of amides is 3. The van der Waals surface area contributed by atoms with Crippen LogP contribution in [0.15, 0.2) is 17.5 Å². The zero-order valence-corrected chi connectivity index (χ0v) is 13.1. The summed E-state index contributed by atoms with van der Waals surface area (Å²) in [6.45, 7) is 0. The van der Waals surface area contributed by atoms with E-state index in [0.29, 0.717) is 12.8 Å². The molecule has 0 radical (unpaired) electrons. The van der Waals surface area contributed by atoms with Crippen LogP contribution in [-0.4, -0.2) is 45.6 Å². The summed E-state index contributed by atoms with van der Waals surface area (Å²) in [6, 6.07) is 4.09. The molecular weight excluding hydrogens is 300 g/mol. The van der Waals surface area contributed by atoms with Gasteiger partial charge in [0.1, 0.15) is 0 Å². The fraction of sp³-hybridized carbons (Fsp3) is 0.562. The van der Waals surface area contributed by atoms with Crippen molar-refractivity contribution >= 4 is 29.1 Å². The molecule has 3 aliphatic rings. The summed E-state index contributed by atoms with van der Waals surface area (Å²) in [5, 5.41) is 1.92. The minimum Gasteiger partial charge on any atom is -0.332 e. The molecule has 22 heavy (non-hydrogen) atoms. The van der Waals surface area contributed by atoms with E-state index < -0.39 is 0 Å². The van der Waals surface area contributed by atoms with Crippen molar-refractivity contribution in [3.8, 4) is 0 Å². The second kappa shape index (κ2) is 5.19. The molecule has 2 atom stereocenters. The highest BCUT2D eigenvalue weighted by Crippen LogP contribution is 2.40. The SMILES string of the molecule is O=C1CCC(=O)N1C1CC2CCC(C1)N2C(=O)c1cccs1. The van der Waals surface area contributed by atoms with Crippen LogP contribution in [0.3, 0.4) is 0 Å². The number of likely N-dealkylation sites (tertiary alicyclic amines) is 1. The standard InChI is InChI=1S/C16H18N2O3S/c19-14-5-6-15(20)18(14)12-8-10-3-4-11(9-12)17(10)16(21)13-2-1-7-22-13/h1-2,7,10-12H,3-6,8-9H2. The van der Waals surface area contributed by atoms with Gasteiger partial charge in [-0.25, -0.2) is 0 Å². The summed E-state index contributed by atoms with van der Waals surface area (Å²) in [7, 11) is 0. The van der Waals surface area contributed by atoms with Crippen LogP contribution in [0.2, 0.25) is 0 Å². The molecule has 0 saturated carbocycles. The third kappa shape index (κ3) is 2.08. The van der Waals surface area contributed by atoms with Gasteiger partial charge < -0.3 is 4.90 Å². The Morgan fingerprint density at radius 3 is 2.23 bits per heavy atom. The monoisotopic (exact) mass is 318 g/mol. The number of carbonyl (C=O) groups excluding carboxylic acids is 3. The Bertz CT molecular complexity index is 597. The predicted molar refractivity (Wildman–Crippen MR) is 81.4 cm³/mol. The lowest BCUT2D eigenvalue weighted by Gasteiger charge is -2.41. The zero-order chi connectivity index (χ0) is 15.3. The quantitative estimate of drug-likeness (QED) is 0.784. The number of hydrogen-bond acceptors (Lipinski definition) is 4. The fourth-order valence-corrected chi connectivity index (χ4v) is 4.89. The second-order valence-electron chi connectivity index (χ2n) is 6.36. The van der Waals surface area contributed by atoms with Crippen LogP contribution >= 0.6 is 11.3 Å². The average molecular weight is 318 g/mol. The number of carbonyl (C=O) groups is 3. The first-order valence-corrected chi connectivity index (χ1v) is 8.74. The highest BCUT2D eigenvalue weighted by atomic mass is 32.1. The molecule has 0 spiro atoms. The molecular formula is C16H18N2O3S. The number of nitrogens with zero attached hydrogens (tertiary/aromatic N) is 2. The Kier molecular flexibility index (Phi) is 3.29. The Morgan fingerprint density at radius 1 is 1.05 bits per heavy atom. The van der Waals surface area contributed by atoms with Crippen molar-refractivity contribution in [2.75, 3.05) is 0 Å². The maximum atomic E-state index is 12.7. The van der Waals surface area contributed by atoms with Crippen molar-refractivity contribution < 1.29 is 14.4 Å². The molecule has 2 bridgehead atoms. The van der Waals surface area contributed by atoms with Gasteiger partial charge in [-0.2, -0.15) is 0 Å². The van der Waals surface area contributed by atoms with Crippen LogP contribution < -0.4 is 0 Å². The Balaban J connectivity index is 1.53. The lowest BCUT2D eigenvalue weighted by Crippen LogP contribution is -2.53.